The molecule has 0 aliphatic rings. The van der Waals surface area contributed by atoms with E-state index in [0.29, 0.717) is 0 Å². The fraction of sp³-hybridized carbons (Fsp3) is 0. The van der Waals surface area contributed by atoms with Crippen molar-refractivity contribution in [1.29, 1.82) is 0 Å². The quantitative estimate of drug-likeness (QED) is 0.700. The first-order valence-corrected chi connectivity index (χ1v) is 5.51. The van der Waals surface area contributed by atoms with E-state index in [2.05, 4.69) is 21.8 Å². The predicted octanol–water partition coefficient (Wildman–Crippen LogP) is 2.10. The van der Waals surface area contributed by atoms with Crippen LogP contribution in [0.4, 0.5) is 0 Å². The largest absolute Gasteiger partial charge is 0.223 e. The van der Waals surface area contributed by atoms with Crippen LogP contribution in [0.1, 0.15) is 5.56 Å². The summed E-state index contributed by atoms with van der Waals surface area (Å²) in [7, 11) is 0. The molecule has 3 heterocycles. The Morgan fingerprint density at radius 1 is 0.944 bits per heavy atom. The minimum Gasteiger partial charge on any atom is -0.223 e. The second kappa shape index (κ2) is 4.29. The summed E-state index contributed by atoms with van der Waals surface area (Å²) in [6.45, 7) is 3.79. The summed E-state index contributed by atoms with van der Waals surface area (Å²) in [6.07, 6.45) is 8.91. The van der Waals surface area contributed by atoms with Gasteiger partial charge >= 0.3 is 0 Å². The Balaban J connectivity index is 2.16. The molecule has 0 unspecified atom stereocenters. The normalized spacial score (nSPS) is 10.4. The molecule has 0 aliphatic carbocycles. The van der Waals surface area contributed by atoms with Crippen LogP contribution in [0.15, 0.2) is 55.6 Å². The van der Waals surface area contributed by atoms with Crippen molar-refractivity contribution in [2.24, 2.45) is 0 Å². The highest BCUT2D eigenvalue weighted by atomic mass is 15.3. The molecule has 5 heteroatoms. The lowest BCUT2D eigenvalue weighted by molar-refractivity contribution is 0.803. The molecule has 0 aromatic carbocycles. The smallest absolute Gasteiger partial charge is 0.156 e. The molecule has 3 aromatic heterocycles. The van der Waals surface area contributed by atoms with Gasteiger partial charge in [-0.3, -0.25) is 0 Å². The van der Waals surface area contributed by atoms with Crippen LogP contribution in [0, 0.1) is 0 Å². The lowest BCUT2D eigenvalue weighted by Gasteiger charge is -2.06. The molecule has 0 bridgehead atoms. The molecule has 88 valence electrons. The van der Waals surface area contributed by atoms with Crippen molar-refractivity contribution in [2.75, 3.05) is 0 Å². The number of rotatable bonds is 3. The van der Waals surface area contributed by atoms with Crippen molar-refractivity contribution < 1.29 is 0 Å². The van der Waals surface area contributed by atoms with E-state index in [0.717, 1.165) is 17.2 Å². The molecule has 3 aromatic rings. The van der Waals surface area contributed by atoms with Crippen molar-refractivity contribution >= 4 is 6.08 Å². The van der Waals surface area contributed by atoms with Gasteiger partial charge in [0.05, 0.1) is 0 Å². The van der Waals surface area contributed by atoms with Gasteiger partial charge in [-0.05, 0) is 29.8 Å². The van der Waals surface area contributed by atoms with E-state index in [1.165, 1.54) is 0 Å². The second-order valence-electron chi connectivity index (χ2n) is 3.72. The molecule has 0 atom stereocenters. The van der Waals surface area contributed by atoms with Crippen LogP contribution in [-0.4, -0.2) is 24.5 Å². The maximum atomic E-state index is 4.52. The van der Waals surface area contributed by atoms with Gasteiger partial charge in [0.1, 0.15) is 0 Å². The molecule has 0 radical (unpaired) electrons. The standard InChI is InChI=1S/C13H11N5/c1-2-11-9-12(17-7-3-5-14-17)16-13(10-11)18-8-4-6-15-18/h2-10H,1H2. The van der Waals surface area contributed by atoms with Crippen molar-refractivity contribution in [2.45, 2.75) is 0 Å². The summed E-state index contributed by atoms with van der Waals surface area (Å²) in [5, 5.41) is 8.35. The maximum absolute atomic E-state index is 4.52. The monoisotopic (exact) mass is 237 g/mol. The molecular formula is C13H11N5. The van der Waals surface area contributed by atoms with Gasteiger partial charge in [-0.1, -0.05) is 12.7 Å². The molecule has 0 amide bonds. The van der Waals surface area contributed by atoms with Crippen LogP contribution >= 0.6 is 0 Å². The van der Waals surface area contributed by atoms with E-state index in [1.54, 1.807) is 27.8 Å². The first-order chi connectivity index (χ1) is 8.86. The number of hydrogen-bond acceptors (Lipinski definition) is 3. The van der Waals surface area contributed by atoms with Crippen molar-refractivity contribution in [3.05, 3.63) is 61.2 Å². The van der Waals surface area contributed by atoms with Gasteiger partial charge in [0.15, 0.2) is 11.6 Å². The summed E-state index contributed by atoms with van der Waals surface area (Å²) >= 11 is 0. The number of hydrogen-bond donors (Lipinski definition) is 0. The molecule has 0 saturated carbocycles. The van der Waals surface area contributed by atoms with Gasteiger partial charge < -0.3 is 0 Å². The van der Waals surface area contributed by atoms with E-state index in [-0.39, 0.29) is 0 Å². The molecule has 0 saturated heterocycles. The molecular weight excluding hydrogens is 226 g/mol. The minimum absolute atomic E-state index is 0.739. The molecule has 0 N–H and O–H groups in total. The number of nitrogens with zero attached hydrogens (tertiary/aromatic N) is 5. The Morgan fingerprint density at radius 3 is 1.89 bits per heavy atom. The Hall–Kier alpha value is -2.69. The highest BCUT2D eigenvalue weighted by molar-refractivity contribution is 5.52. The van der Waals surface area contributed by atoms with Crippen LogP contribution in [-0.2, 0) is 0 Å². The van der Waals surface area contributed by atoms with Gasteiger partial charge in [-0.25, -0.2) is 14.3 Å². The Bertz CT molecular complexity index is 600. The average molecular weight is 237 g/mol. The zero-order chi connectivity index (χ0) is 12.4. The van der Waals surface area contributed by atoms with E-state index in [9.17, 15) is 0 Å². The van der Waals surface area contributed by atoms with Crippen LogP contribution in [0.3, 0.4) is 0 Å². The van der Waals surface area contributed by atoms with Gasteiger partial charge in [0, 0.05) is 24.8 Å². The topological polar surface area (TPSA) is 48.5 Å². The van der Waals surface area contributed by atoms with E-state index >= 15 is 0 Å². The third kappa shape index (κ3) is 1.82. The Labute approximate surface area is 104 Å². The first-order valence-electron chi connectivity index (χ1n) is 5.51. The Morgan fingerprint density at radius 2 is 1.50 bits per heavy atom. The van der Waals surface area contributed by atoms with Gasteiger partial charge in [0.2, 0.25) is 0 Å². The van der Waals surface area contributed by atoms with Crippen LogP contribution in [0.5, 0.6) is 0 Å². The fourth-order valence-corrected chi connectivity index (χ4v) is 1.68. The summed E-state index contributed by atoms with van der Waals surface area (Å²) in [6, 6.07) is 7.56. The summed E-state index contributed by atoms with van der Waals surface area (Å²) in [5.41, 5.74) is 0.973. The SMILES string of the molecule is C=Cc1cc(-n2cccn2)nc(-n2cccn2)c1. The summed E-state index contributed by atoms with van der Waals surface area (Å²) < 4.78 is 3.42. The lowest BCUT2D eigenvalue weighted by Crippen LogP contribution is -2.04. The maximum Gasteiger partial charge on any atom is 0.156 e. The zero-order valence-electron chi connectivity index (χ0n) is 9.64. The van der Waals surface area contributed by atoms with Crippen LogP contribution in [0.25, 0.3) is 17.7 Å². The zero-order valence-corrected chi connectivity index (χ0v) is 9.64. The molecule has 0 spiro atoms. The molecule has 5 nitrogen and oxygen atoms in total. The summed E-state index contributed by atoms with van der Waals surface area (Å²) in [5.74, 6) is 1.48. The Kier molecular flexibility index (Phi) is 2.49. The second-order valence-corrected chi connectivity index (χ2v) is 3.72. The third-order valence-electron chi connectivity index (χ3n) is 2.53. The van der Waals surface area contributed by atoms with Crippen LogP contribution < -0.4 is 0 Å². The van der Waals surface area contributed by atoms with E-state index < -0.39 is 0 Å². The fourth-order valence-electron chi connectivity index (χ4n) is 1.68. The average Bonchev–Trinajstić information content (AvgIpc) is 3.10. The van der Waals surface area contributed by atoms with Crippen molar-refractivity contribution in [3.63, 3.8) is 0 Å². The van der Waals surface area contributed by atoms with Crippen LogP contribution in [0.2, 0.25) is 0 Å². The van der Waals surface area contributed by atoms with E-state index in [1.807, 2.05) is 36.7 Å². The highest BCUT2D eigenvalue weighted by Gasteiger charge is 2.05. The molecule has 0 aliphatic heterocycles. The molecule has 18 heavy (non-hydrogen) atoms. The molecule has 0 fully saturated rings. The van der Waals surface area contributed by atoms with Crippen molar-refractivity contribution in [1.82, 2.24) is 24.5 Å². The summed E-state index contributed by atoms with van der Waals surface area (Å²) in [4.78, 5) is 4.52. The van der Waals surface area contributed by atoms with Gasteiger partial charge in [-0.2, -0.15) is 10.2 Å². The lowest BCUT2D eigenvalue weighted by atomic mass is 10.2. The number of aromatic nitrogens is 5. The van der Waals surface area contributed by atoms with Gasteiger partial charge in [0.25, 0.3) is 0 Å². The minimum atomic E-state index is 0.739. The van der Waals surface area contributed by atoms with E-state index in [4.69, 9.17) is 0 Å². The van der Waals surface area contributed by atoms with Crippen molar-refractivity contribution in [3.8, 4) is 11.6 Å². The first kappa shape index (κ1) is 10.5. The molecule has 3 rings (SSSR count). The van der Waals surface area contributed by atoms with Gasteiger partial charge in [-0.15, -0.1) is 0 Å². The predicted molar refractivity (Wildman–Crippen MR) is 68.6 cm³/mol. The highest BCUT2D eigenvalue weighted by Crippen LogP contribution is 2.13. The third-order valence-corrected chi connectivity index (χ3v) is 2.53. The number of pyridine rings is 1.